The van der Waals surface area contributed by atoms with E-state index in [1.54, 1.807) is 7.05 Å². The molecule has 7 atom stereocenters. The minimum atomic E-state index is -1.08. The molecule has 0 aromatic heterocycles. The largest absolute Gasteiger partial charge is 0.394 e. The van der Waals surface area contributed by atoms with Crippen molar-refractivity contribution in [1.82, 2.24) is 15.5 Å². The highest BCUT2D eigenvalue weighted by Gasteiger charge is 2.78. The van der Waals surface area contributed by atoms with Crippen LogP contribution in [0, 0.1) is 11.8 Å². The summed E-state index contributed by atoms with van der Waals surface area (Å²) in [5, 5.41) is 16.2. The Bertz CT molecular complexity index is 940. The Morgan fingerprint density at radius 2 is 1.94 bits per heavy atom. The third-order valence-electron chi connectivity index (χ3n) is 8.02. The summed E-state index contributed by atoms with van der Waals surface area (Å²) in [4.78, 5) is 42.3. The number of nitrogens with one attached hydrogen (secondary N) is 2. The highest BCUT2D eigenvalue weighted by atomic mass is 16.5. The van der Waals surface area contributed by atoms with E-state index in [2.05, 4.69) is 17.6 Å². The fourth-order valence-electron chi connectivity index (χ4n) is 6.58. The predicted octanol–water partition coefficient (Wildman–Crippen LogP) is 1.41. The Hall–Kier alpha value is -2.45. The van der Waals surface area contributed by atoms with Crippen LogP contribution in [0.2, 0.25) is 0 Å². The van der Waals surface area contributed by atoms with Gasteiger partial charge in [-0.2, -0.15) is 0 Å². The van der Waals surface area contributed by atoms with Crippen molar-refractivity contribution >= 4 is 17.7 Å². The highest BCUT2D eigenvalue weighted by molar-refractivity contribution is 5.99. The molecule has 0 aliphatic carbocycles. The molecule has 3 saturated heterocycles. The van der Waals surface area contributed by atoms with Gasteiger partial charge in [0, 0.05) is 13.1 Å². The first-order valence-corrected chi connectivity index (χ1v) is 12.4. The van der Waals surface area contributed by atoms with E-state index < -0.39 is 35.1 Å². The van der Waals surface area contributed by atoms with E-state index in [0.29, 0.717) is 19.3 Å². The van der Waals surface area contributed by atoms with E-state index in [1.807, 2.05) is 44.2 Å². The summed E-state index contributed by atoms with van der Waals surface area (Å²) in [6.07, 6.45) is 3.26. The fraction of sp³-hybridized carbons (Fsp3) is 0.654. The summed E-state index contributed by atoms with van der Waals surface area (Å²) in [6, 6.07) is 8.05. The number of fused-ring (bicyclic) bond motifs is 1. The van der Waals surface area contributed by atoms with Gasteiger partial charge in [-0.25, -0.2) is 0 Å². The van der Waals surface area contributed by atoms with Crippen molar-refractivity contribution in [2.75, 3.05) is 13.7 Å². The number of nitrogens with zero attached hydrogens (tertiary/aromatic N) is 1. The van der Waals surface area contributed by atoms with E-state index in [1.165, 1.54) is 4.90 Å². The molecule has 3 fully saturated rings. The normalized spacial score (nSPS) is 33.5. The van der Waals surface area contributed by atoms with Gasteiger partial charge >= 0.3 is 0 Å². The number of amides is 3. The second-order valence-corrected chi connectivity index (χ2v) is 10.3. The summed E-state index contributed by atoms with van der Waals surface area (Å²) in [5.74, 6) is -2.23. The zero-order chi connectivity index (χ0) is 24.7. The molecular weight excluding hydrogens is 434 g/mol. The van der Waals surface area contributed by atoms with Crippen molar-refractivity contribution < 1.29 is 24.2 Å². The average molecular weight is 472 g/mol. The number of hydrogen-bond acceptors (Lipinski definition) is 5. The zero-order valence-electron chi connectivity index (χ0n) is 20.5. The van der Waals surface area contributed by atoms with E-state index >= 15 is 0 Å². The SMILES string of the molecule is CCCC(C)NC(=O)C1N([C@@H](CO)Cc2ccccc2)C(=O)[C@@H]2[C@H](C(=O)NC)[C@]3(C)CCC12O3. The molecule has 0 saturated carbocycles. The van der Waals surface area contributed by atoms with Crippen LogP contribution in [0.15, 0.2) is 30.3 Å². The number of likely N-dealkylation sites (tertiary alicyclic amines) is 1. The van der Waals surface area contributed by atoms with E-state index in [-0.39, 0.29) is 30.4 Å². The maximum absolute atomic E-state index is 14.0. The molecule has 4 rings (SSSR count). The van der Waals surface area contributed by atoms with Gasteiger partial charge in [-0.15, -0.1) is 0 Å². The first kappa shape index (κ1) is 24.7. The van der Waals surface area contributed by atoms with Gasteiger partial charge in [0.05, 0.1) is 30.1 Å². The van der Waals surface area contributed by atoms with Gasteiger partial charge in [0.2, 0.25) is 17.7 Å². The zero-order valence-corrected chi connectivity index (χ0v) is 20.5. The molecule has 34 heavy (non-hydrogen) atoms. The second-order valence-electron chi connectivity index (χ2n) is 10.3. The van der Waals surface area contributed by atoms with E-state index in [4.69, 9.17) is 4.74 Å². The minimum Gasteiger partial charge on any atom is -0.394 e. The fourth-order valence-corrected chi connectivity index (χ4v) is 6.58. The molecule has 3 heterocycles. The molecule has 3 aliphatic heterocycles. The van der Waals surface area contributed by atoms with Gasteiger partial charge in [0.25, 0.3) is 0 Å². The quantitative estimate of drug-likeness (QED) is 0.505. The lowest BCUT2D eigenvalue weighted by molar-refractivity contribution is -0.149. The maximum atomic E-state index is 14.0. The predicted molar refractivity (Wildman–Crippen MR) is 127 cm³/mol. The Balaban J connectivity index is 1.76. The standard InChI is InChI=1S/C26H37N3O5/c1-5-9-16(2)28-23(32)21-26-13-12-25(3,34-26)19(22(31)27-4)20(26)24(33)29(21)18(15-30)14-17-10-7-6-8-11-17/h6-8,10-11,16,18-21,30H,5,9,12-15H2,1-4H3,(H,27,31)(H,28,32)/t16?,18-,19-,20+,21?,25+,26?/m1/s1. The van der Waals surface area contributed by atoms with E-state index in [9.17, 15) is 19.5 Å². The minimum absolute atomic E-state index is 0.0597. The molecule has 186 valence electrons. The lowest BCUT2D eigenvalue weighted by Gasteiger charge is -2.37. The number of carbonyl (C=O) groups is 3. The van der Waals surface area contributed by atoms with Gasteiger partial charge in [-0.1, -0.05) is 43.7 Å². The molecule has 1 aromatic carbocycles. The third-order valence-corrected chi connectivity index (χ3v) is 8.02. The van der Waals surface area contributed by atoms with Crippen LogP contribution in [0.5, 0.6) is 0 Å². The first-order valence-electron chi connectivity index (χ1n) is 12.4. The number of hydrogen-bond donors (Lipinski definition) is 3. The van der Waals surface area contributed by atoms with Crippen molar-refractivity contribution in [1.29, 1.82) is 0 Å². The molecule has 3 aliphatic rings. The Morgan fingerprint density at radius 3 is 2.56 bits per heavy atom. The molecule has 2 bridgehead atoms. The lowest BCUT2D eigenvalue weighted by atomic mass is 9.66. The Morgan fingerprint density at radius 1 is 1.24 bits per heavy atom. The van der Waals surface area contributed by atoms with Crippen LogP contribution in [-0.2, 0) is 25.5 Å². The summed E-state index contributed by atoms with van der Waals surface area (Å²) < 4.78 is 6.56. The molecule has 0 radical (unpaired) electrons. The number of aliphatic hydroxyl groups is 1. The number of rotatable bonds is 9. The van der Waals surface area contributed by atoms with Crippen LogP contribution in [0.4, 0.5) is 0 Å². The van der Waals surface area contributed by atoms with E-state index in [0.717, 1.165) is 18.4 Å². The number of benzene rings is 1. The summed E-state index contributed by atoms with van der Waals surface area (Å²) in [7, 11) is 1.56. The topological polar surface area (TPSA) is 108 Å². The molecular formula is C26H37N3O5. The summed E-state index contributed by atoms with van der Waals surface area (Å²) in [5.41, 5.74) is -0.917. The Labute approximate surface area is 201 Å². The van der Waals surface area contributed by atoms with Crippen LogP contribution >= 0.6 is 0 Å². The molecule has 3 amide bonds. The van der Waals surface area contributed by atoms with Gasteiger partial charge < -0.3 is 25.4 Å². The monoisotopic (exact) mass is 471 g/mol. The lowest BCUT2D eigenvalue weighted by Crippen LogP contribution is -2.59. The van der Waals surface area contributed by atoms with Gasteiger partial charge in [0.15, 0.2) is 0 Å². The molecule has 3 N–H and O–H groups in total. The van der Waals surface area contributed by atoms with Crippen molar-refractivity contribution in [2.45, 2.75) is 82.2 Å². The summed E-state index contributed by atoms with van der Waals surface area (Å²) >= 11 is 0. The molecule has 1 spiro atoms. The Kier molecular flexibility index (Phi) is 6.75. The molecule has 8 heteroatoms. The van der Waals surface area contributed by atoms with Crippen LogP contribution in [-0.4, -0.2) is 70.7 Å². The molecule has 8 nitrogen and oxygen atoms in total. The first-order chi connectivity index (χ1) is 16.2. The van der Waals surface area contributed by atoms with Gasteiger partial charge in [0.1, 0.15) is 11.6 Å². The average Bonchev–Trinajstić information content (AvgIpc) is 3.38. The van der Waals surface area contributed by atoms with Crippen LogP contribution in [0.1, 0.15) is 52.0 Å². The van der Waals surface area contributed by atoms with Crippen molar-refractivity contribution in [2.24, 2.45) is 11.8 Å². The van der Waals surface area contributed by atoms with Crippen molar-refractivity contribution in [3.8, 4) is 0 Å². The second kappa shape index (κ2) is 9.30. The molecule has 1 aromatic rings. The van der Waals surface area contributed by atoms with Crippen LogP contribution in [0.3, 0.4) is 0 Å². The number of ether oxygens (including phenoxy) is 1. The smallest absolute Gasteiger partial charge is 0.246 e. The maximum Gasteiger partial charge on any atom is 0.246 e. The van der Waals surface area contributed by atoms with Crippen LogP contribution < -0.4 is 10.6 Å². The number of carbonyl (C=O) groups excluding carboxylic acids is 3. The molecule has 3 unspecified atom stereocenters. The van der Waals surface area contributed by atoms with Crippen molar-refractivity contribution in [3.05, 3.63) is 35.9 Å². The van der Waals surface area contributed by atoms with Crippen LogP contribution in [0.25, 0.3) is 0 Å². The third kappa shape index (κ3) is 3.81. The highest BCUT2D eigenvalue weighted by Crippen LogP contribution is 2.63. The number of aliphatic hydroxyl groups excluding tert-OH is 1. The van der Waals surface area contributed by atoms with Crippen molar-refractivity contribution in [3.63, 3.8) is 0 Å². The van der Waals surface area contributed by atoms with Gasteiger partial charge in [-0.3, -0.25) is 14.4 Å². The summed E-state index contributed by atoms with van der Waals surface area (Å²) in [6.45, 7) is 5.59. The van der Waals surface area contributed by atoms with Gasteiger partial charge in [-0.05, 0) is 45.1 Å².